The Morgan fingerprint density at radius 2 is 2.26 bits per heavy atom. The van der Waals surface area contributed by atoms with Crippen molar-refractivity contribution in [2.75, 3.05) is 0 Å². The molecule has 100 valence electrons. The van der Waals surface area contributed by atoms with Gasteiger partial charge in [-0.05, 0) is 55.2 Å². The first-order valence-corrected chi connectivity index (χ1v) is 7.61. The van der Waals surface area contributed by atoms with E-state index in [0.29, 0.717) is 11.5 Å². The van der Waals surface area contributed by atoms with Gasteiger partial charge in [-0.25, -0.2) is 5.43 Å². The summed E-state index contributed by atoms with van der Waals surface area (Å²) in [7, 11) is 0. The molecular formula is C15H17BrN2O. The van der Waals surface area contributed by atoms with Crippen molar-refractivity contribution in [2.24, 2.45) is 22.9 Å². The first-order chi connectivity index (χ1) is 9.22. The minimum absolute atomic E-state index is 0.152. The van der Waals surface area contributed by atoms with Crippen LogP contribution < -0.4 is 5.43 Å². The van der Waals surface area contributed by atoms with Crippen molar-refractivity contribution >= 4 is 28.1 Å². The topological polar surface area (TPSA) is 41.5 Å². The van der Waals surface area contributed by atoms with E-state index in [1.165, 1.54) is 25.7 Å². The van der Waals surface area contributed by atoms with Crippen LogP contribution >= 0.6 is 15.9 Å². The van der Waals surface area contributed by atoms with E-state index in [2.05, 4.69) is 26.5 Å². The second kappa shape index (κ2) is 5.45. The van der Waals surface area contributed by atoms with Crippen LogP contribution in [0.25, 0.3) is 0 Å². The number of benzene rings is 1. The smallest absolute Gasteiger partial charge is 0.267 e. The molecule has 3 atom stereocenters. The lowest BCUT2D eigenvalue weighted by Crippen LogP contribution is -2.20. The van der Waals surface area contributed by atoms with Crippen molar-refractivity contribution in [2.45, 2.75) is 25.7 Å². The van der Waals surface area contributed by atoms with Crippen LogP contribution in [0.5, 0.6) is 0 Å². The van der Waals surface area contributed by atoms with Crippen LogP contribution in [0.15, 0.2) is 33.8 Å². The average molecular weight is 321 g/mol. The molecule has 3 nitrogen and oxygen atoms in total. The number of carbonyl (C=O) groups excluding carboxylic acids is 1. The summed E-state index contributed by atoms with van der Waals surface area (Å²) >= 11 is 3.36. The summed E-state index contributed by atoms with van der Waals surface area (Å²) in [5, 5.41) is 4.14. The molecule has 2 aliphatic carbocycles. The van der Waals surface area contributed by atoms with E-state index in [1.807, 2.05) is 18.3 Å². The molecule has 0 aliphatic heterocycles. The van der Waals surface area contributed by atoms with Crippen LogP contribution in [0.1, 0.15) is 36.0 Å². The SMILES string of the molecule is O=C(N/N=C/[C@H]1C[C@@H]2CC[C@@H]1C2)c1cccc(Br)c1. The van der Waals surface area contributed by atoms with E-state index in [9.17, 15) is 4.79 Å². The Labute approximate surface area is 121 Å². The van der Waals surface area contributed by atoms with E-state index in [4.69, 9.17) is 0 Å². The molecule has 0 saturated heterocycles. The van der Waals surface area contributed by atoms with Crippen LogP contribution in [-0.2, 0) is 0 Å². The molecular weight excluding hydrogens is 304 g/mol. The quantitative estimate of drug-likeness (QED) is 0.671. The average Bonchev–Trinajstić information content (AvgIpc) is 3.01. The van der Waals surface area contributed by atoms with Gasteiger partial charge >= 0.3 is 0 Å². The van der Waals surface area contributed by atoms with Gasteiger partial charge in [0.1, 0.15) is 0 Å². The fraction of sp³-hybridized carbons (Fsp3) is 0.467. The molecule has 0 radical (unpaired) electrons. The molecule has 1 amide bonds. The van der Waals surface area contributed by atoms with Gasteiger partial charge in [0.2, 0.25) is 0 Å². The van der Waals surface area contributed by atoms with E-state index >= 15 is 0 Å². The van der Waals surface area contributed by atoms with Crippen molar-refractivity contribution in [1.29, 1.82) is 0 Å². The molecule has 4 heteroatoms. The summed E-state index contributed by atoms with van der Waals surface area (Å²) < 4.78 is 0.900. The lowest BCUT2D eigenvalue weighted by Gasteiger charge is -2.16. The maximum Gasteiger partial charge on any atom is 0.271 e. The number of halogens is 1. The summed E-state index contributed by atoms with van der Waals surface area (Å²) in [6.07, 6.45) is 7.28. The molecule has 2 fully saturated rings. The number of hydrazone groups is 1. The predicted molar refractivity (Wildman–Crippen MR) is 79.0 cm³/mol. The lowest BCUT2D eigenvalue weighted by molar-refractivity contribution is 0.0954. The highest BCUT2D eigenvalue weighted by molar-refractivity contribution is 9.10. The van der Waals surface area contributed by atoms with Gasteiger partial charge in [-0.3, -0.25) is 4.79 Å². The Kier molecular flexibility index (Phi) is 3.69. The first kappa shape index (κ1) is 12.9. The van der Waals surface area contributed by atoms with Crippen molar-refractivity contribution in [1.82, 2.24) is 5.43 Å². The molecule has 0 unspecified atom stereocenters. The lowest BCUT2D eigenvalue weighted by atomic mass is 9.90. The third-order valence-corrected chi connectivity index (χ3v) is 4.80. The Hall–Kier alpha value is -1.16. The van der Waals surface area contributed by atoms with Crippen LogP contribution in [0, 0.1) is 17.8 Å². The molecule has 1 aromatic carbocycles. The van der Waals surface area contributed by atoms with E-state index in [1.54, 1.807) is 12.1 Å². The Morgan fingerprint density at radius 1 is 1.37 bits per heavy atom. The number of amides is 1. The first-order valence-electron chi connectivity index (χ1n) is 6.81. The zero-order valence-electron chi connectivity index (χ0n) is 10.7. The van der Waals surface area contributed by atoms with Crippen molar-refractivity contribution in [3.05, 3.63) is 34.3 Å². The highest BCUT2D eigenvalue weighted by Crippen LogP contribution is 2.47. The predicted octanol–water partition coefficient (Wildman–Crippen LogP) is 3.60. The summed E-state index contributed by atoms with van der Waals surface area (Å²) in [6, 6.07) is 7.32. The highest BCUT2D eigenvalue weighted by Gasteiger charge is 2.38. The summed E-state index contributed by atoms with van der Waals surface area (Å²) in [4.78, 5) is 11.9. The largest absolute Gasteiger partial charge is 0.271 e. The number of hydrogen-bond donors (Lipinski definition) is 1. The second-order valence-corrected chi connectivity index (χ2v) is 6.48. The van der Waals surface area contributed by atoms with E-state index in [0.717, 1.165) is 16.3 Å². The van der Waals surface area contributed by atoms with Crippen molar-refractivity contribution < 1.29 is 4.79 Å². The third-order valence-electron chi connectivity index (χ3n) is 4.31. The molecule has 2 aliphatic rings. The minimum Gasteiger partial charge on any atom is -0.267 e. The summed E-state index contributed by atoms with van der Waals surface area (Å²) in [5.74, 6) is 2.13. The number of hydrogen-bond acceptors (Lipinski definition) is 2. The number of fused-ring (bicyclic) bond motifs is 2. The molecule has 0 spiro atoms. The summed E-state index contributed by atoms with van der Waals surface area (Å²) in [6.45, 7) is 0. The minimum atomic E-state index is -0.152. The van der Waals surface area contributed by atoms with Crippen molar-refractivity contribution in [3.63, 3.8) is 0 Å². The molecule has 1 aromatic rings. The zero-order valence-corrected chi connectivity index (χ0v) is 12.3. The fourth-order valence-corrected chi connectivity index (χ4v) is 3.76. The van der Waals surface area contributed by atoms with E-state index < -0.39 is 0 Å². The maximum atomic E-state index is 11.9. The standard InChI is InChI=1S/C15H17BrN2O/c16-14-3-1-2-12(8-14)15(19)18-17-9-13-7-10-4-5-11(13)6-10/h1-3,8-11,13H,4-7H2,(H,18,19)/b17-9+/t10-,11-,13-/m1/s1. The zero-order chi connectivity index (χ0) is 13.2. The molecule has 0 aromatic heterocycles. The highest BCUT2D eigenvalue weighted by atomic mass is 79.9. The van der Waals surface area contributed by atoms with Gasteiger partial charge in [-0.2, -0.15) is 5.10 Å². The van der Waals surface area contributed by atoms with Crippen LogP contribution in [0.4, 0.5) is 0 Å². The number of rotatable bonds is 3. The van der Waals surface area contributed by atoms with Gasteiger partial charge in [-0.1, -0.05) is 28.4 Å². The summed E-state index contributed by atoms with van der Waals surface area (Å²) in [5.41, 5.74) is 3.25. The third kappa shape index (κ3) is 2.89. The number of nitrogens with one attached hydrogen (secondary N) is 1. The Balaban J connectivity index is 1.56. The molecule has 1 N–H and O–H groups in total. The fourth-order valence-electron chi connectivity index (χ4n) is 3.36. The number of carbonyl (C=O) groups is 1. The van der Waals surface area contributed by atoms with Gasteiger partial charge in [0.05, 0.1) is 0 Å². The van der Waals surface area contributed by atoms with Gasteiger partial charge in [-0.15, -0.1) is 0 Å². The monoisotopic (exact) mass is 320 g/mol. The van der Waals surface area contributed by atoms with E-state index in [-0.39, 0.29) is 5.91 Å². The molecule has 2 saturated carbocycles. The van der Waals surface area contributed by atoms with Gasteiger partial charge < -0.3 is 0 Å². The van der Waals surface area contributed by atoms with Gasteiger partial charge in [0, 0.05) is 16.3 Å². The molecule has 3 rings (SSSR count). The van der Waals surface area contributed by atoms with Crippen LogP contribution in [0.2, 0.25) is 0 Å². The Bertz CT molecular complexity index is 515. The van der Waals surface area contributed by atoms with Crippen LogP contribution in [0.3, 0.4) is 0 Å². The molecule has 0 heterocycles. The number of nitrogens with zero attached hydrogens (tertiary/aromatic N) is 1. The van der Waals surface area contributed by atoms with Crippen molar-refractivity contribution in [3.8, 4) is 0 Å². The molecule has 2 bridgehead atoms. The molecule has 19 heavy (non-hydrogen) atoms. The normalized spacial score (nSPS) is 29.0. The second-order valence-electron chi connectivity index (χ2n) is 5.57. The van der Waals surface area contributed by atoms with Gasteiger partial charge in [0.25, 0.3) is 5.91 Å². The van der Waals surface area contributed by atoms with Gasteiger partial charge in [0.15, 0.2) is 0 Å². The Morgan fingerprint density at radius 3 is 2.95 bits per heavy atom. The van der Waals surface area contributed by atoms with Crippen LogP contribution in [-0.4, -0.2) is 12.1 Å². The maximum absolute atomic E-state index is 11.9.